The molecule has 0 atom stereocenters. The number of hydrogen-bond acceptors (Lipinski definition) is 4. The first-order chi connectivity index (χ1) is 6.22. The molecule has 0 bridgehead atoms. The Hall–Kier alpha value is -1.23. The molecule has 0 aliphatic carbocycles. The van der Waals surface area contributed by atoms with Crippen LogP contribution in [0.15, 0.2) is 23.4 Å². The summed E-state index contributed by atoms with van der Waals surface area (Å²) in [6.07, 6.45) is 1.58. The monoisotopic (exact) mass is 197 g/mol. The molecule has 13 heavy (non-hydrogen) atoms. The molecule has 3 N–H and O–H groups in total. The van der Waals surface area contributed by atoms with Gasteiger partial charge in [-0.15, -0.1) is 0 Å². The topological polar surface area (TPSA) is 68.0 Å². The van der Waals surface area contributed by atoms with Gasteiger partial charge in [0.2, 0.25) is 5.91 Å². The highest BCUT2D eigenvalue weighted by atomic mass is 32.2. The molecule has 1 aromatic rings. The van der Waals surface area contributed by atoms with E-state index in [-0.39, 0.29) is 5.91 Å². The van der Waals surface area contributed by atoms with Crippen LogP contribution in [0.4, 0.5) is 5.69 Å². The lowest BCUT2D eigenvalue weighted by Gasteiger charge is -1.99. The average molecular weight is 197 g/mol. The molecule has 0 saturated heterocycles. The van der Waals surface area contributed by atoms with Crippen molar-refractivity contribution in [1.29, 1.82) is 0 Å². The SMILES string of the molecule is CNC(=O)CSc1ccc(N)cn1. The maximum absolute atomic E-state index is 10.9. The molecule has 0 aromatic carbocycles. The third-order valence-electron chi connectivity index (χ3n) is 1.39. The number of nitrogens with one attached hydrogen (secondary N) is 1. The van der Waals surface area contributed by atoms with Gasteiger partial charge >= 0.3 is 0 Å². The van der Waals surface area contributed by atoms with Gasteiger partial charge in [-0.2, -0.15) is 0 Å². The minimum Gasteiger partial charge on any atom is -0.397 e. The Morgan fingerprint density at radius 2 is 2.46 bits per heavy atom. The largest absolute Gasteiger partial charge is 0.397 e. The van der Waals surface area contributed by atoms with Gasteiger partial charge in [-0.3, -0.25) is 4.79 Å². The lowest BCUT2D eigenvalue weighted by atomic mass is 10.4. The second kappa shape index (κ2) is 4.71. The highest BCUT2D eigenvalue weighted by molar-refractivity contribution is 7.99. The fourth-order valence-corrected chi connectivity index (χ4v) is 1.40. The maximum atomic E-state index is 10.9. The van der Waals surface area contributed by atoms with Crippen molar-refractivity contribution < 1.29 is 4.79 Å². The molecule has 70 valence electrons. The van der Waals surface area contributed by atoms with E-state index >= 15 is 0 Å². The molecular weight excluding hydrogens is 186 g/mol. The summed E-state index contributed by atoms with van der Waals surface area (Å²) in [4.78, 5) is 14.9. The van der Waals surface area contributed by atoms with Crippen LogP contribution in [-0.2, 0) is 4.79 Å². The van der Waals surface area contributed by atoms with Gasteiger partial charge in [-0.1, -0.05) is 11.8 Å². The molecule has 1 aromatic heterocycles. The summed E-state index contributed by atoms with van der Waals surface area (Å²) in [7, 11) is 1.61. The molecule has 0 aliphatic rings. The van der Waals surface area contributed by atoms with Crippen LogP contribution in [0.3, 0.4) is 0 Å². The van der Waals surface area contributed by atoms with E-state index in [1.807, 2.05) is 0 Å². The van der Waals surface area contributed by atoms with E-state index in [9.17, 15) is 4.79 Å². The lowest BCUT2D eigenvalue weighted by molar-refractivity contribution is -0.118. The molecule has 0 saturated carbocycles. The number of hydrogen-bond donors (Lipinski definition) is 2. The van der Waals surface area contributed by atoms with E-state index in [4.69, 9.17) is 5.73 Å². The molecule has 0 aliphatic heterocycles. The summed E-state index contributed by atoms with van der Waals surface area (Å²) in [5, 5.41) is 3.34. The molecule has 0 radical (unpaired) electrons. The number of rotatable bonds is 3. The van der Waals surface area contributed by atoms with Gasteiger partial charge < -0.3 is 11.1 Å². The number of nitrogen functional groups attached to an aromatic ring is 1. The van der Waals surface area contributed by atoms with Crippen molar-refractivity contribution in [3.8, 4) is 0 Å². The Bertz CT molecular complexity index is 286. The first-order valence-corrected chi connectivity index (χ1v) is 4.76. The molecule has 0 spiro atoms. The first-order valence-electron chi connectivity index (χ1n) is 3.77. The van der Waals surface area contributed by atoms with Gasteiger partial charge in [-0.05, 0) is 12.1 Å². The molecule has 0 fully saturated rings. The number of anilines is 1. The summed E-state index contributed by atoms with van der Waals surface area (Å²) in [6.45, 7) is 0. The quantitative estimate of drug-likeness (QED) is 0.692. The number of pyridine rings is 1. The Morgan fingerprint density at radius 1 is 1.69 bits per heavy atom. The summed E-state index contributed by atoms with van der Waals surface area (Å²) in [5.74, 6) is 0.372. The van der Waals surface area contributed by atoms with E-state index in [1.54, 1.807) is 25.4 Å². The summed E-state index contributed by atoms with van der Waals surface area (Å²) < 4.78 is 0. The molecule has 1 rings (SSSR count). The van der Waals surface area contributed by atoms with Crippen LogP contribution in [0.1, 0.15) is 0 Å². The molecule has 1 amide bonds. The van der Waals surface area contributed by atoms with Crippen molar-refractivity contribution in [2.75, 3.05) is 18.5 Å². The van der Waals surface area contributed by atoms with Crippen LogP contribution < -0.4 is 11.1 Å². The zero-order valence-electron chi connectivity index (χ0n) is 7.28. The van der Waals surface area contributed by atoms with Crippen molar-refractivity contribution in [3.05, 3.63) is 18.3 Å². The second-order valence-corrected chi connectivity index (χ2v) is 3.39. The van der Waals surface area contributed by atoms with Crippen LogP contribution >= 0.6 is 11.8 Å². The molecule has 1 heterocycles. The van der Waals surface area contributed by atoms with Gasteiger partial charge in [0.05, 0.1) is 22.7 Å². The lowest BCUT2D eigenvalue weighted by Crippen LogP contribution is -2.19. The number of aromatic nitrogens is 1. The van der Waals surface area contributed by atoms with Crippen LogP contribution in [0.2, 0.25) is 0 Å². The molecular formula is C8H11N3OS. The minimum absolute atomic E-state index is 0.0105. The maximum Gasteiger partial charge on any atom is 0.230 e. The van der Waals surface area contributed by atoms with Crippen molar-refractivity contribution in [1.82, 2.24) is 10.3 Å². The minimum atomic E-state index is -0.0105. The van der Waals surface area contributed by atoms with Gasteiger partial charge in [0.25, 0.3) is 0 Å². The van der Waals surface area contributed by atoms with Crippen molar-refractivity contribution in [3.63, 3.8) is 0 Å². The highest BCUT2D eigenvalue weighted by Gasteiger charge is 2.00. The van der Waals surface area contributed by atoms with Crippen molar-refractivity contribution in [2.24, 2.45) is 0 Å². The smallest absolute Gasteiger partial charge is 0.230 e. The number of thioether (sulfide) groups is 1. The number of nitrogens with zero attached hydrogens (tertiary/aromatic N) is 1. The van der Waals surface area contributed by atoms with E-state index in [0.29, 0.717) is 11.4 Å². The predicted octanol–water partition coefficient (Wildman–Crippen LogP) is 0.502. The second-order valence-electron chi connectivity index (χ2n) is 2.39. The normalized spacial score (nSPS) is 9.62. The predicted molar refractivity (Wildman–Crippen MR) is 53.4 cm³/mol. The number of carbonyl (C=O) groups is 1. The third kappa shape index (κ3) is 3.33. The fourth-order valence-electron chi connectivity index (χ4n) is 0.689. The van der Waals surface area contributed by atoms with Crippen LogP contribution in [0, 0.1) is 0 Å². The highest BCUT2D eigenvalue weighted by Crippen LogP contribution is 2.14. The molecule has 5 heteroatoms. The Morgan fingerprint density at radius 3 is 3.00 bits per heavy atom. The zero-order chi connectivity index (χ0) is 9.68. The zero-order valence-corrected chi connectivity index (χ0v) is 8.10. The summed E-state index contributed by atoms with van der Waals surface area (Å²) in [5.41, 5.74) is 6.09. The Kier molecular flexibility index (Phi) is 3.57. The fraction of sp³-hybridized carbons (Fsp3) is 0.250. The Labute approximate surface area is 80.9 Å². The molecule has 0 unspecified atom stereocenters. The van der Waals surface area contributed by atoms with Crippen LogP contribution in [0.5, 0.6) is 0 Å². The van der Waals surface area contributed by atoms with E-state index in [1.165, 1.54) is 11.8 Å². The average Bonchev–Trinajstić information content (AvgIpc) is 2.16. The Balaban J connectivity index is 2.46. The molecule has 4 nitrogen and oxygen atoms in total. The van der Waals surface area contributed by atoms with Gasteiger partial charge in [0.1, 0.15) is 0 Å². The van der Waals surface area contributed by atoms with E-state index in [2.05, 4.69) is 10.3 Å². The van der Waals surface area contributed by atoms with Crippen LogP contribution in [0.25, 0.3) is 0 Å². The standard InChI is InChI=1S/C8H11N3OS/c1-10-7(12)5-13-8-3-2-6(9)4-11-8/h2-4H,5,9H2,1H3,(H,10,12). The summed E-state index contributed by atoms with van der Waals surface area (Å²) in [6, 6.07) is 3.56. The third-order valence-corrected chi connectivity index (χ3v) is 2.33. The number of amides is 1. The van der Waals surface area contributed by atoms with Gasteiger partial charge in [0, 0.05) is 7.05 Å². The van der Waals surface area contributed by atoms with E-state index < -0.39 is 0 Å². The number of nitrogens with two attached hydrogens (primary N) is 1. The number of carbonyl (C=O) groups excluding carboxylic acids is 1. The van der Waals surface area contributed by atoms with Crippen molar-refractivity contribution >= 4 is 23.4 Å². The summed E-state index contributed by atoms with van der Waals surface area (Å²) >= 11 is 1.38. The van der Waals surface area contributed by atoms with E-state index in [0.717, 1.165) is 5.03 Å². The van der Waals surface area contributed by atoms with Crippen LogP contribution in [-0.4, -0.2) is 23.7 Å². The first kappa shape index (κ1) is 9.85. The van der Waals surface area contributed by atoms with Gasteiger partial charge in [-0.25, -0.2) is 4.98 Å². The van der Waals surface area contributed by atoms with Gasteiger partial charge in [0.15, 0.2) is 0 Å². The van der Waals surface area contributed by atoms with Crippen molar-refractivity contribution in [2.45, 2.75) is 5.03 Å².